The highest BCUT2D eigenvalue weighted by atomic mass is 79.9. The molecule has 0 heterocycles. The Morgan fingerprint density at radius 2 is 1.87 bits per heavy atom. The molecule has 126 valence electrons. The third kappa shape index (κ3) is 5.04. The molecule has 1 saturated carbocycles. The molecule has 1 aromatic rings. The number of carbonyl (C=O) groups is 2. The van der Waals surface area contributed by atoms with Gasteiger partial charge in [0.2, 0.25) is 11.8 Å². The number of benzene rings is 1. The van der Waals surface area contributed by atoms with Gasteiger partial charge < -0.3 is 16.4 Å². The van der Waals surface area contributed by atoms with Gasteiger partial charge in [0, 0.05) is 17.8 Å². The summed E-state index contributed by atoms with van der Waals surface area (Å²) in [6.07, 6.45) is 5.94. The van der Waals surface area contributed by atoms with E-state index in [1.165, 1.54) is 13.3 Å². The molecule has 1 aliphatic carbocycles. The fraction of sp³-hybridized carbons (Fsp3) is 0.529. The second-order valence-corrected chi connectivity index (χ2v) is 7.28. The van der Waals surface area contributed by atoms with Gasteiger partial charge in [0.15, 0.2) is 0 Å². The van der Waals surface area contributed by atoms with Crippen LogP contribution < -0.4 is 16.4 Å². The number of hydrogen-bond donors (Lipinski definition) is 3. The van der Waals surface area contributed by atoms with Gasteiger partial charge in [0.25, 0.3) is 0 Å². The van der Waals surface area contributed by atoms with Crippen LogP contribution in [0.25, 0.3) is 0 Å². The molecule has 0 aromatic heterocycles. The number of rotatable bonds is 5. The van der Waals surface area contributed by atoms with E-state index in [2.05, 4.69) is 26.6 Å². The Labute approximate surface area is 145 Å². The lowest BCUT2D eigenvalue weighted by atomic mass is 9.71. The largest absolute Gasteiger partial charge is 0.330 e. The molecular formula is C17H24BrN3O2. The van der Waals surface area contributed by atoms with E-state index in [-0.39, 0.29) is 17.2 Å². The molecule has 23 heavy (non-hydrogen) atoms. The molecule has 2 amide bonds. The van der Waals surface area contributed by atoms with Crippen molar-refractivity contribution in [3.05, 3.63) is 22.7 Å². The van der Waals surface area contributed by atoms with Crippen molar-refractivity contribution < 1.29 is 9.59 Å². The van der Waals surface area contributed by atoms with Crippen LogP contribution in [0, 0.1) is 5.41 Å². The monoisotopic (exact) mass is 381 g/mol. The summed E-state index contributed by atoms with van der Waals surface area (Å²) in [6, 6.07) is 5.38. The molecule has 6 heteroatoms. The lowest BCUT2D eigenvalue weighted by molar-refractivity contribution is -0.119. The van der Waals surface area contributed by atoms with Crippen LogP contribution in [0.3, 0.4) is 0 Å². The van der Waals surface area contributed by atoms with Crippen LogP contribution in [-0.4, -0.2) is 18.4 Å². The molecule has 0 radical (unpaired) electrons. The summed E-state index contributed by atoms with van der Waals surface area (Å²) in [7, 11) is 0. The van der Waals surface area contributed by atoms with Crippen LogP contribution in [-0.2, 0) is 9.59 Å². The minimum atomic E-state index is -0.173. The quantitative estimate of drug-likeness (QED) is 0.727. The van der Waals surface area contributed by atoms with Crippen LogP contribution in [0.4, 0.5) is 11.4 Å². The third-order valence-corrected chi connectivity index (χ3v) is 4.94. The number of halogens is 1. The topological polar surface area (TPSA) is 84.2 Å². The van der Waals surface area contributed by atoms with Gasteiger partial charge in [0.05, 0.1) is 11.4 Å². The standard InChI is InChI=1S/C17H24BrN3O2/c1-12(22)20-14-6-5-13(18)9-15(14)21-16(23)10-17(11-19)7-3-2-4-8-17/h5-6,9H,2-4,7-8,10-11,19H2,1H3,(H,20,22)(H,21,23). The van der Waals surface area contributed by atoms with Crippen molar-refractivity contribution in [2.75, 3.05) is 17.2 Å². The van der Waals surface area contributed by atoms with Crippen LogP contribution in [0.2, 0.25) is 0 Å². The fourth-order valence-electron chi connectivity index (χ4n) is 3.21. The number of nitrogens with two attached hydrogens (primary N) is 1. The van der Waals surface area contributed by atoms with E-state index in [4.69, 9.17) is 5.73 Å². The lowest BCUT2D eigenvalue weighted by Crippen LogP contribution is -2.36. The Kier molecular flexibility index (Phi) is 6.18. The first-order valence-electron chi connectivity index (χ1n) is 8.01. The summed E-state index contributed by atoms with van der Waals surface area (Å²) in [5.74, 6) is -0.226. The molecule has 1 fully saturated rings. The second-order valence-electron chi connectivity index (χ2n) is 6.36. The maximum Gasteiger partial charge on any atom is 0.225 e. The Morgan fingerprint density at radius 3 is 2.48 bits per heavy atom. The summed E-state index contributed by atoms with van der Waals surface area (Å²) >= 11 is 3.39. The van der Waals surface area contributed by atoms with Gasteiger partial charge in [-0.05, 0) is 43.0 Å². The number of carbonyl (C=O) groups excluding carboxylic acids is 2. The first kappa shape index (κ1) is 17.9. The van der Waals surface area contributed by atoms with E-state index < -0.39 is 0 Å². The lowest BCUT2D eigenvalue weighted by Gasteiger charge is -2.35. The number of nitrogens with one attached hydrogen (secondary N) is 2. The van der Waals surface area contributed by atoms with Crippen molar-refractivity contribution in [1.82, 2.24) is 0 Å². The van der Waals surface area contributed by atoms with Crippen molar-refractivity contribution in [3.63, 3.8) is 0 Å². The van der Waals surface area contributed by atoms with Crippen molar-refractivity contribution >= 4 is 39.1 Å². The van der Waals surface area contributed by atoms with Gasteiger partial charge >= 0.3 is 0 Å². The highest BCUT2D eigenvalue weighted by Gasteiger charge is 2.33. The molecule has 0 saturated heterocycles. The summed E-state index contributed by atoms with van der Waals surface area (Å²) in [5.41, 5.74) is 7.07. The van der Waals surface area contributed by atoms with E-state index in [1.54, 1.807) is 12.1 Å². The van der Waals surface area contributed by atoms with Gasteiger partial charge in [0.1, 0.15) is 0 Å². The van der Waals surface area contributed by atoms with Crippen LogP contribution in [0.5, 0.6) is 0 Å². The second kappa shape index (κ2) is 7.93. The van der Waals surface area contributed by atoms with Crippen LogP contribution >= 0.6 is 15.9 Å². The minimum absolute atomic E-state index is 0.0537. The Morgan fingerprint density at radius 1 is 1.17 bits per heavy atom. The molecule has 4 N–H and O–H groups in total. The highest BCUT2D eigenvalue weighted by Crippen LogP contribution is 2.39. The van der Waals surface area contributed by atoms with Gasteiger partial charge in [-0.3, -0.25) is 9.59 Å². The Hall–Kier alpha value is -1.40. The molecule has 0 spiro atoms. The summed E-state index contributed by atoms with van der Waals surface area (Å²) in [6.45, 7) is 1.98. The average molecular weight is 382 g/mol. The molecule has 1 aliphatic rings. The predicted molar refractivity (Wildman–Crippen MR) is 96.3 cm³/mol. The number of hydrogen-bond acceptors (Lipinski definition) is 3. The predicted octanol–water partition coefficient (Wildman–Crippen LogP) is 3.65. The normalized spacial score (nSPS) is 16.7. The molecule has 1 aromatic carbocycles. The minimum Gasteiger partial charge on any atom is -0.330 e. The highest BCUT2D eigenvalue weighted by molar-refractivity contribution is 9.10. The van der Waals surface area contributed by atoms with Gasteiger partial charge in [-0.1, -0.05) is 35.2 Å². The van der Waals surface area contributed by atoms with Crippen molar-refractivity contribution in [1.29, 1.82) is 0 Å². The molecule has 0 atom stereocenters. The zero-order valence-electron chi connectivity index (χ0n) is 13.5. The molecule has 0 bridgehead atoms. The first-order valence-corrected chi connectivity index (χ1v) is 8.80. The maximum absolute atomic E-state index is 12.5. The van der Waals surface area contributed by atoms with Crippen molar-refractivity contribution in [3.8, 4) is 0 Å². The molecule has 5 nitrogen and oxygen atoms in total. The van der Waals surface area contributed by atoms with E-state index in [9.17, 15) is 9.59 Å². The molecule has 2 rings (SSSR count). The number of amides is 2. The average Bonchev–Trinajstić information content (AvgIpc) is 2.50. The zero-order chi connectivity index (χ0) is 16.9. The summed E-state index contributed by atoms with van der Waals surface area (Å²) in [4.78, 5) is 23.8. The molecular weight excluding hydrogens is 358 g/mol. The Bertz CT molecular complexity index is 583. The van der Waals surface area contributed by atoms with Gasteiger partial charge in [-0.25, -0.2) is 0 Å². The molecule has 0 unspecified atom stereocenters. The third-order valence-electron chi connectivity index (χ3n) is 4.45. The van der Waals surface area contributed by atoms with E-state index in [0.717, 1.165) is 30.2 Å². The number of anilines is 2. The van der Waals surface area contributed by atoms with Crippen LogP contribution in [0.1, 0.15) is 45.4 Å². The van der Waals surface area contributed by atoms with Crippen molar-refractivity contribution in [2.24, 2.45) is 11.1 Å². The summed E-state index contributed by atoms with van der Waals surface area (Å²) < 4.78 is 0.841. The zero-order valence-corrected chi connectivity index (χ0v) is 15.0. The fourth-order valence-corrected chi connectivity index (χ4v) is 3.57. The maximum atomic E-state index is 12.5. The first-order chi connectivity index (χ1) is 10.9. The van der Waals surface area contributed by atoms with E-state index in [1.807, 2.05) is 6.07 Å². The van der Waals surface area contributed by atoms with Gasteiger partial charge in [-0.15, -0.1) is 0 Å². The van der Waals surface area contributed by atoms with Gasteiger partial charge in [-0.2, -0.15) is 0 Å². The smallest absolute Gasteiger partial charge is 0.225 e. The Balaban J connectivity index is 2.10. The SMILES string of the molecule is CC(=O)Nc1ccc(Br)cc1NC(=O)CC1(CN)CCCCC1. The van der Waals surface area contributed by atoms with E-state index >= 15 is 0 Å². The molecule has 0 aliphatic heterocycles. The van der Waals surface area contributed by atoms with E-state index in [0.29, 0.717) is 24.3 Å². The summed E-state index contributed by atoms with van der Waals surface area (Å²) in [5, 5.41) is 5.66. The van der Waals surface area contributed by atoms with Crippen LogP contribution in [0.15, 0.2) is 22.7 Å². The van der Waals surface area contributed by atoms with Crippen molar-refractivity contribution in [2.45, 2.75) is 45.4 Å².